The van der Waals surface area contributed by atoms with E-state index in [-0.39, 0.29) is 11.7 Å². The Hall–Kier alpha value is -0.820. The standard InChI is InChI=1S/C15H18O/c1-10-4-5-11-9-12-3-2-7-15(12)8-6-13(16-15)14(10)11/h6,8,12-13H,1-5,7,9H2/t12-,13?,15-/m0/s1. The SMILES string of the molecule is C=C1CCC2=C1C1C=C[C@]3(CCC[C@H]3C2)O1. The monoisotopic (exact) mass is 214 g/mol. The molecular formula is C15H18O. The summed E-state index contributed by atoms with van der Waals surface area (Å²) < 4.78 is 6.39. The van der Waals surface area contributed by atoms with Crippen LogP contribution in [0.1, 0.15) is 38.5 Å². The zero-order chi connectivity index (χ0) is 10.8. The molecule has 0 N–H and O–H groups in total. The molecule has 1 spiro atoms. The van der Waals surface area contributed by atoms with Crippen LogP contribution in [0.15, 0.2) is 35.5 Å². The van der Waals surface area contributed by atoms with Gasteiger partial charge in [-0.2, -0.15) is 0 Å². The van der Waals surface area contributed by atoms with E-state index in [4.69, 9.17) is 4.74 Å². The third kappa shape index (κ3) is 1.00. The first-order chi connectivity index (χ1) is 7.78. The molecule has 0 amide bonds. The Labute approximate surface area is 96.9 Å². The van der Waals surface area contributed by atoms with Crippen LogP contribution in [-0.2, 0) is 4.74 Å². The molecule has 84 valence electrons. The molecule has 4 rings (SSSR count). The topological polar surface area (TPSA) is 9.23 Å². The van der Waals surface area contributed by atoms with Gasteiger partial charge in [0.05, 0.1) is 5.60 Å². The molecule has 1 fully saturated rings. The van der Waals surface area contributed by atoms with Crippen molar-refractivity contribution in [2.75, 3.05) is 0 Å². The lowest BCUT2D eigenvalue weighted by molar-refractivity contribution is -0.0288. The van der Waals surface area contributed by atoms with Crippen LogP contribution in [0.5, 0.6) is 0 Å². The van der Waals surface area contributed by atoms with Gasteiger partial charge in [-0.3, -0.25) is 0 Å². The quantitative estimate of drug-likeness (QED) is 0.560. The van der Waals surface area contributed by atoms with Gasteiger partial charge in [0.25, 0.3) is 0 Å². The van der Waals surface area contributed by atoms with Crippen molar-refractivity contribution in [1.82, 2.24) is 0 Å². The third-order valence-electron chi connectivity index (χ3n) is 4.98. The molecule has 0 aromatic rings. The second-order valence-electron chi connectivity index (χ2n) is 5.77. The zero-order valence-electron chi connectivity index (χ0n) is 9.67. The fourth-order valence-corrected chi connectivity index (χ4v) is 4.18. The Balaban J connectivity index is 1.83. The molecule has 1 unspecified atom stereocenters. The van der Waals surface area contributed by atoms with Crippen LogP contribution in [-0.4, -0.2) is 11.7 Å². The zero-order valence-corrected chi connectivity index (χ0v) is 9.67. The van der Waals surface area contributed by atoms with Crippen LogP contribution in [0.25, 0.3) is 0 Å². The predicted molar refractivity (Wildman–Crippen MR) is 64.1 cm³/mol. The van der Waals surface area contributed by atoms with E-state index in [9.17, 15) is 0 Å². The average molecular weight is 214 g/mol. The van der Waals surface area contributed by atoms with Gasteiger partial charge < -0.3 is 4.74 Å². The summed E-state index contributed by atoms with van der Waals surface area (Å²) in [5.41, 5.74) is 4.56. The van der Waals surface area contributed by atoms with Gasteiger partial charge >= 0.3 is 0 Å². The normalized spacial score (nSPS) is 44.9. The summed E-state index contributed by atoms with van der Waals surface area (Å²) in [5, 5.41) is 0. The van der Waals surface area contributed by atoms with Gasteiger partial charge in [-0.1, -0.05) is 24.3 Å². The molecule has 3 atom stereocenters. The van der Waals surface area contributed by atoms with E-state index in [0.29, 0.717) is 0 Å². The summed E-state index contributed by atoms with van der Waals surface area (Å²) in [6, 6.07) is 0. The minimum atomic E-state index is 0.106. The van der Waals surface area contributed by atoms with Gasteiger partial charge in [0, 0.05) is 0 Å². The molecule has 0 saturated heterocycles. The Kier molecular flexibility index (Phi) is 1.67. The molecule has 16 heavy (non-hydrogen) atoms. The Morgan fingerprint density at radius 3 is 3.25 bits per heavy atom. The Morgan fingerprint density at radius 2 is 2.31 bits per heavy atom. The summed E-state index contributed by atoms with van der Waals surface area (Å²) in [6.07, 6.45) is 12.5. The molecule has 1 saturated carbocycles. The van der Waals surface area contributed by atoms with E-state index in [2.05, 4.69) is 18.7 Å². The molecule has 2 aliphatic heterocycles. The lowest BCUT2D eigenvalue weighted by atomic mass is 9.84. The molecule has 0 aromatic carbocycles. The van der Waals surface area contributed by atoms with Crippen LogP contribution < -0.4 is 0 Å². The van der Waals surface area contributed by atoms with Crippen LogP contribution >= 0.6 is 0 Å². The fraction of sp³-hybridized carbons (Fsp3) is 0.600. The maximum atomic E-state index is 6.39. The molecule has 2 aliphatic carbocycles. The van der Waals surface area contributed by atoms with Crippen molar-refractivity contribution in [2.24, 2.45) is 5.92 Å². The molecule has 2 bridgehead atoms. The summed E-state index contributed by atoms with van der Waals surface area (Å²) in [7, 11) is 0. The number of rotatable bonds is 0. The number of ether oxygens (including phenoxy) is 1. The number of fused-ring (bicyclic) bond motifs is 2. The van der Waals surface area contributed by atoms with E-state index in [1.54, 1.807) is 5.57 Å². The molecule has 4 aliphatic rings. The number of hydrogen-bond donors (Lipinski definition) is 0. The first-order valence-electron chi connectivity index (χ1n) is 6.56. The molecular weight excluding hydrogens is 196 g/mol. The molecule has 2 heterocycles. The summed E-state index contributed by atoms with van der Waals surface area (Å²) >= 11 is 0. The first kappa shape index (κ1) is 9.23. The highest BCUT2D eigenvalue weighted by molar-refractivity contribution is 5.47. The van der Waals surface area contributed by atoms with Crippen molar-refractivity contribution >= 4 is 0 Å². The molecule has 1 nitrogen and oxygen atoms in total. The average Bonchev–Trinajstić information content (AvgIpc) is 2.90. The van der Waals surface area contributed by atoms with E-state index in [0.717, 1.165) is 12.3 Å². The first-order valence-corrected chi connectivity index (χ1v) is 6.56. The van der Waals surface area contributed by atoms with E-state index < -0.39 is 0 Å². The van der Waals surface area contributed by atoms with Gasteiger partial charge in [-0.05, 0) is 55.6 Å². The fourth-order valence-electron chi connectivity index (χ4n) is 4.18. The lowest BCUT2D eigenvalue weighted by Gasteiger charge is -2.29. The van der Waals surface area contributed by atoms with Gasteiger partial charge in [0.2, 0.25) is 0 Å². The molecule has 1 heteroatoms. The Morgan fingerprint density at radius 1 is 1.38 bits per heavy atom. The van der Waals surface area contributed by atoms with Crippen molar-refractivity contribution in [3.63, 3.8) is 0 Å². The maximum Gasteiger partial charge on any atom is 0.102 e. The van der Waals surface area contributed by atoms with Gasteiger partial charge in [-0.25, -0.2) is 0 Å². The summed E-state index contributed by atoms with van der Waals surface area (Å²) in [5.74, 6) is 0.743. The van der Waals surface area contributed by atoms with Crippen molar-refractivity contribution in [3.05, 3.63) is 35.5 Å². The van der Waals surface area contributed by atoms with E-state index in [1.807, 2.05) is 0 Å². The maximum absolute atomic E-state index is 6.39. The molecule has 0 aromatic heterocycles. The van der Waals surface area contributed by atoms with Gasteiger partial charge in [0.1, 0.15) is 6.10 Å². The van der Waals surface area contributed by atoms with Gasteiger partial charge in [-0.15, -0.1) is 0 Å². The number of hydrogen-bond acceptors (Lipinski definition) is 1. The summed E-state index contributed by atoms with van der Waals surface area (Å²) in [6.45, 7) is 4.22. The van der Waals surface area contributed by atoms with Crippen molar-refractivity contribution in [3.8, 4) is 0 Å². The van der Waals surface area contributed by atoms with Crippen LogP contribution in [0.2, 0.25) is 0 Å². The number of allylic oxidation sites excluding steroid dienone is 1. The van der Waals surface area contributed by atoms with Crippen LogP contribution in [0.4, 0.5) is 0 Å². The highest BCUT2D eigenvalue weighted by Crippen LogP contribution is 2.53. The Bertz CT molecular complexity index is 429. The minimum Gasteiger partial charge on any atom is -0.359 e. The third-order valence-corrected chi connectivity index (χ3v) is 4.98. The lowest BCUT2D eigenvalue weighted by Crippen LogP contribution is -2.32. The summed E-state index contributed by atoms with van der Waals surface area (Å²) in [4.78, 5) is 0. The van der Waals surface area contributed by atoms with Crippen molar-refractivity contribution in [2.45, 2.75) is 50.2 Å². The van der Waals surface area contributed by atoms with Crippen molar-refractivity contribution < 1.29 is 4.74 Å². The second kappa shape index (κ2) is 2.89. The predicted octanol–water partition coefficient (Wildman–Crippen LogP) is 3.53. The smallest absolute Gasteiger partial charge is 0.102 e. The van der Waals surface area contributed by atoms with Crippen molar-refractivity contribution in [1.29, 1.82) is 0 Å². The van der Waals surface area contributed by atoms with Crippen LogP contribution in [0.3, 0.4) is 0 Å². The largest absolute Gasteiger partial charge is 0.359 e. The van der Waals surface area contributed by atoms with E-state index in [1.165, 1.54) is 43.3 Å². The highest BCUT2D eigenvalue weighted by Gasteiger charge is 2.50. The second-order valence-corrected chi connectivity index (χ2v) is 5.77. The van der Waals surface area contributed by atoms with Crippen LogP contribution in [0, 0.1) is 5.92 Å². The van der Waals surface area contributed by atoms with Gasteiger partial charge in [0.15, 0.2) is 0 Å². The van der Waals surface area contributed by atoms with E-state index >= 15 is 0 Å². The minimum absolute atomic E-state index is 0.106. The highest BCUT2D eigenvalue weighted by atomic mass is 16.5. The molecule has 0 radical (unpaired) electrons.